The summed E-state index contributed by atoms with van der Waals surface area (Å²) in [5, 5.41) is 2.68. The van der Waals surface area contributed by atoms with E-state index in [9.17, 15) is 14.4 Å². The first-order chi connectivity index (χ1) is 8.97. The highest BCUT2D eigenvalue weighted by Crippen LogP contribution is 2.19. The van der Waals surface area contributed by atoms with Gasteiger partial charge < -0.3 is 5.32 Å². The minimum Gasteiger partial charge on any atom is -0.356 e. The first-order valence-corrected chi connectivity index (χ1v) is 7.86. The number of nitrogens with one attached hydrogen (secondary N) is 1. The average Bonchev–Trinajstić information content (AvgIpc) is 2.33. The molecule has 0 aliphatic carbocycles. The van der Waals surface area contributed by atoms with Gasteiger partial charge in [0.05, 0.1) is 0 Å². The lowest BCUT2D eigenvalue weighted by molar-refractivity contribution is -0.124. The van der Waals surface area contributed by atoms with Gasteiger partial charge in [-0.25, -0.2) is 0 Å². The number of carbonyl (C=O) groups is 3. The molecule has 0 heterocycles. The van der Waals surface area contributed by atoms with Crippen LogP contribution in [-0.2, 0) is 14.4 Å². The van der Waals surface area contributed by atoms with E-state index in [1.54, 1.807) is 6.92 Å². The standard InChI is InChI=1S/C14H25NO3S/c1-4-5-6-7-13(11(2)16)10-14(18)19-9-8-15-12(3)17/h13H,4-10H2,1-3H3,(H,15,17). The van der Waals surface area contributed by atoms with Gasteiger partial charge in [0.25, 0.3) is 0 Å². The molecule has 0 aliphatic heterocycles. The molecule has 0 saturated carbocycles. The number of rotatable bonds is 10. The second kappa shape index (κ2) is 11.0. The number of Topliss-reactive ketones (excluding diaryl/α,β-unsaturated/α-hetero) is 1. The molecule has 0 aromatic heterocycles. The lowest BCUT2D eigenvalue weighted by atomic mass is 9.95. The van der Waals surface area contributed by atoms with E-state index >= 15 is 0 Å². The van der Waals surface area contributed by atoms with Crippen LogP contribution in [0.4, 0.5) is 0 Å². The maximum Gasteiger partial charge on any atom is 0.216 e. The van der Waals surface area contributed by atoms with E-state index in [-0.39, 0.29) is 22.7 Å². The molecule has 110 valence electrons. The van der Waals surface area contributed by atoms with Gasteiger partial charge in [-0.05, 0) is 13.3 Å². The smallest absolute Gasteiger partial charge is 0.216 e. The zero-order valence-electron chi connectivity index (χ0n) is 12.2. The molecular formula is C14H25NO3S. The molecule has 0 bridgehead atoms. The van der Waals surface area contributed by atoms with E-state index in [0.29, 0.717) is 18.7 Å². The van der Waals surface area contributed by atoms with Crippen LogP contribution in [0.5, 0.6) is 0 Å². The molecule has 0 aromatic carbocycles. The summed E-state index contributed by atoms with van der Waals surface area (Å²) in [6.07, 6.45) is 4.35. The van der Waals surface area contributed by atoms with Crippen LogP contribution >= 0.6 is 11.8 Å². The Kier molecular flexibility index (Phi) is 10.5. The van der Waals surface area contributed by atoms with Crippen molar-refractivity contribution in [1.82, 2.24) is 5.32 Å². The van der Waals surface area contributed by atoms with E-state index in [2.05, 4.69) is 12.2 Å². The summed E-state index contributed by atoms with van der Waals surface area (Å²) in [7, 11) is 0. The Bertz CT molecular complexity index is 305. The fourth-order valence-electron chi connectivity index (χ4n) is 1.74. The van der Waals surface area contributed by atoms with Gasteiger partial charge >= 0.3 is 0 Å². The van der Waals surface area contributed by atoms with E-state index in [4.69, 9.17) is 0 Å². The lowest BCUT2D eigenvalue weighted by Gasteiger charge is -2.12. The van der Waals surface area contributed by atoms with Gasteiger partial charge in [-0.1, -0.05) is 37.9 Å². The van der Waals surface area contributed by atoms with Gasteiger partial charge in [0, 0.05) is 31.6 Å². The van der Waals surface area contributed by atoms with Gasteiger partial charge in [0.15, 0.2) is 5.12 Å². The predicted octanol–water partition coefficient (Wildman–Crippen LogP) is 2.56. The van der Waals surface area contributed by atoms with E-state index in [0.717, 1.165) is 25.7 Å². The molecule has 4 nitrogen and oxygen atoms in total. The van der Waals surface area contributed by atoms with Crippen molar-refractivity contribution in [3.05, 3.63) is 0 Å². The molecule has 0 spiro atoms. The van der Waals surface area contributed by atoms with Crippen LogP contribution in [0.3, 0.4) is 0 Å². The average molecular weight is 287 g/mol. The van der Waals surface area contributed by atoms with Crippen LogP contribution in [-0.4, -0.2) is 29.1 Å². The maximum absolute atomic E-state index is 11.7. The third kappa shape index (κ3) is 10.7. The molecular weight excluding hydrogens is 262 g/mol. The maximum atomic E-state index is 11.7. The number of ketones is 1. The molecule has 1 N–H and O–H groups in total. The molecule has 0 aromatic rings. The van der Waals surface area contributed by atoms with Crippen LogP contribution in [0, 0.1) is 5.92 Å². The molecule has 1 atom stereocenters. The molecule has 1 unspecified atom stereocenters. The molecule has 0 rings (SSSR count). The summed E-state index contributed by atoms with van der Waals surface area (Å²) >= 11 is 1.20. The highest BCUT2D eigenvalue weighted by Gasteiger charge is 2.18. The third-order valence-corrected chi connectivity index (χ3v) is 3.78. The van der Waals surface area contributed by atoms with Crippen molar-refractivity contribution in [3.63, 3.8) is 0 Å². The molecule has 0 radical (unpaired) electrons. The number of unbranched alkanes of at least 4 members (excludes halogenated alkanes) is 2. The summed E-state index contributed by atoms with van der Waals surface area (Å²) in [5.74, 6) is 0.450. The lowest BCUT2D eigenvalue weighted by Crippen LogP contribution is -2.23. The molecule has 0 saturated heterocycles. The predicted molar refractivity (Wildman–Crippen MR) is 79.1 cm³/mol. The van der Waals surface area contributed by atoms with Crippen LogP contribution in [0.25, 0.3) is 0 Å². The molecule has 1 amide bonds. The van der Waals surface area contributed by atoms with Crippen LogP contribution in [0.15, 0.2) is 0 Å². The van der Waals surface area contributed by atoms with Gasteiger partial charge in [-0.3, -0.25) is 14.4 Å². The van der Waals surface area contributed by atoms with Crippen LogP contribution in [0.1, 0.15) is 52.9 Å². The number of carbonyl (C=O) groups excluding carboxylic acids is 3. The number of thioether (sulfide) groups is 1. The van der Waals surface area contributed by atoms with Gasteiger partial charge in [0.1, 0.15) is 5.78 Å². The number of hydrogen-bond acceptors (Lipinski definition) is 4. The van der Waals surface area contributed by atoms with E-state index in [1.807, 2.05) is 0 Å². The van der Waals surface area contributed by atoms with Crippen LogP contribution < -0.4 is 5.32 Å². The topological polar surface area (TPSA) is 63.2 Å². The minimum absolute atomic E-state index is 0.0436. The highest BCUT2D eigenvalue weighted by atomic mass is 32.2. The normalized spacial score (nSPS) is 11.9. The van der Waals surface area contributed by atoms with Crippen molar-refractivity contribution in [2.75, 3.05) is 12.3 Å². The number of hydrogen-bond donors (Lipinski definition) is 1. The fraction of sp³-hybridized carbons (Fsp3) is 0.786. The molecule has 19 heavy (non-hydrogen) atoms. The molecule has 0 aliphatic rings. The highest BCUT2D eigenvalue weighted by molar-refractivity contribution is 8.13. The van der Waals surface area contributed by atoms with Gasteiger partial charge in [0.2, 0.25) is 5.91 Å². The van der Waals surface area contributed by atoms with Crippen molar-refractivity contribution in [3.8, 4) is 0 Å². The third-order valence-electron chi connectivity index (χ3n) is 2.88. The largest absolute Gasteiger partial charge is 0.356 e. The summed E-state index contributed by atoms with van der Waals surface area (Å²) in [5.41, 5.74) is 0. The van der Waals surface area contributed by atoms with Crippen molar-refractivity contribution in [2.45, 2.75) is 52.9 Å². The summed E-state index contributed by atoms with van der Waals surface area (Å²) in [4.78, 5) is 33.9. The first kappa shape index (κ1) is 18.2. The quantitative estimate of drug-likeness (QED) is 0.627. The Hall–Kier alpha value is -0.840. The summed E-state index contributed by atoms with van der Waals surface area (Å²) in [6, 6.07) is 0. The van der Waals surface area contributed by atoms with E-state index in [1.165, 1.54) is 18.7 Å². The zero-order chi connectivity index (χ0) is 14.7. The van der Waals surface area contributed by atoms with Crippen molar-refractivity contribution < 1.29 is 14.4 Å². The summed E-state index contributed by atoms with van der Waals surface area (Å²) in [6.45, 7) is 5.62. The van der Waals surface area contributed by atoms with Crippen molar-refractivity contribution in [1.29, 1.82) is 0 Å². The molecule has 0 fully saturated rings. The number of amides is 1. The Balaban J connectivity index is 3.89. The zero-order valence-corrected chi connectivity index (χ0v) is 13.0. The summed E-state index contributed by atoms with van der Waals surface area (Å²) < 4.78 is 0. The minimum atomic E-state index is -0.132. The van der Waals surface area contributed by atoms with E-state index < -0.39 is 0 Å². The Labute approximate surface area is 120 Å². The SMILES string of the molecule is CCCCCC(CC(=O)SCCNC(C)=O)C(C)=O. The monoisotopic (exact) mass is 287 g/mol. The van der Waals surface area contributed by atoms with Crippen LogP contribution in [0.2, 0.25) is 0 Å². The Morgan fingerprint density at radius 2 is 1.84 bits per heavy atom. The van der Waals surface area contributed by atoms with Gasteiger partial charge in [-0.15, -0.1) is 0 Å². The molecule has 5 heteroatoms. The van der Waals surface area contributed by atoms with Crippen molar-refractivity contribution >= 4 is 28.6 Å². The second-order valence-electron chi connectivity index (χ2n) is 4.71. The van der Waals surface area contributed by atoms with Crippen molar-refractivity contribution in [2.24, 2.45) is 5.92 Å². The van der Waals surface area contributed by atoms with Gasteiger partial charge in [-0.2, -0.15) is 0 Å². The first-order valence-electron chi connectivity index (χ1n) is 6.87. The second-order valence-corrected chi connectivity index (χ2v) is 5.86. The Morgan fingerprint density at radius 1 is 1.16 bits per heavy atom. The Morgan fingerprint density at radius 3 is 2.37 bits per heavy atom. The fourth-order valence-corrected chi connectivity index (χ4v) is 2.49.